The zero-order chi connectivity index (χ0) is 10.9. The number of nitrogens with two attached hydrogens (primary N) is 1. The molecule has 3 N–H and O–H groups in total. The molecular formula is C12H17ClN2O. The Balaban J connectivity index is 0.00000128. The fourth-order valence-electron chi connectivity index (χ4n) is 1.44. The maximum absolute atomic E-state index is 11.6. The molecule has 0 aromatic heterocycles. The van der Waals surface area contributed by atoms with Crippen molar-refractivity contribution in [3.8, 4) is 0 Å². The number of hydrogen-bond acceptors (Lipinski definition) is 2. The van der Waals surface area contributed by atoms with Crippen LogP contribution in [0.15, 0.2) is 24.3 Å². The van der Waals surface area contributed by atoms with Crippen LogP contribution in [0.25, 0.3) is 0 Å². The van der Waals surface area contributed by atoms with Crippen LogP contribution in [0.2, 0.25) is 0 Å². The van der Waals surface area contributed by atoms with Gasteiger partial charge < -0.3 is 11.1 Å². The lowest BCUT2D eigenvalue weighted by Gasteiger charge is -2.10. The van der Waals surface area contributed by atoms with Crippen molar-refractivity contribution in [1.82, 2.24) is 0 Å². The Morgan fingerprint density at radius 2 is 1.94 bits per heavy atom. The molecule has 1 aliphatic carbocycles. The standard InChI is InChI=1S/C12H16N2O.ClH/c1-2-9-3-5-10(6-4-9)14-11(15)12(13)7-8-12;/h3-6H,2,7-8,13H2,1H3,(H,14,15);1H. The number of hydrogen-bond donors (Lipinski definition) is 2. The van der Waals surface area contributed by atoms with Crippen molar-refractivity contribution in [3.63, 3.8) is 0 Å². The Bertz CT molecular complexity index is 371. The number of carbonyl (C=O) groups is 1. The van der Waals surface area contributed by atoms with Crippen LogP contribution in [-0.2, 0) is 11.2 Å². The average Bonchev–Trinajstić information content (AvgIpc) is 2.99. The third-order valence-corrected chi connectivity index (χ3v) is 2.86. The number of halogens is 1. The van der Waals surface area contributed by atoms with E-state index in [1.807, 2.05) is 24.3 Å². The summed E-state index contributed by atoms with van der Waals surface area (Å²) in [6.07, 6.45) is 2.60. The molecule has 88 valence electrons. The van der Waals surface area contributed by atoms with Crippen molar-refractivity contribution >= 4 is 24.0 Å². The largest absolute Gasteiger partial charge is 0.324 e. The highest BCUT2D eigenvalue weighted by Gasteiger charge is 2.45. The second kappa shape index (κ2) is 4.85. The van der Waals surface area contributed by atoms with E-state index in [4.69, 9.17) is 5.73 Å². The third kappa shape index (κ3) is 2.74. The lowest BCUT2D eigenvalue weighted by Crippen LogP contribution is -2.37. The van der Waals surface area contributed by atoms with Gasteiger partial charge in [0, 0.05) is 5.69 Å². The van der Waals surface area contributed by atoms with E-state index in [1.54, 1.807) is 0 Å². The second-order valence-electron chi connectivity index (χ2n) is 4.16. The topological polar surface area (TPSA) is 55.1 Å². The van der Waals surface area contributed by atoms with Crippen molar-refractivity contribution in [1.29, 1.82) is 0 Å². The number of nitrogens with one attached hydrogen (secondary N) is 1. The van der Waals surface area contributed by atoms with Gasteiger partial charge in [-0.1, -0.05) is 19.1 Å². The van der Waals surface area contributed by atoms with E-state index >= 15 is 0 Å². The van der Waals surface area contributed by atoms with Gasteiger partial charge in [0.2, 0.25) is 5.91 Å². The molecule has 0 spiro atoms. The van der Waals surface area contributed by atoms with Crippen molar-refractivity contribution in [2.75, 3.05) is 5.32 Å². The smallest absolute Gasteiger partial charge is 0.244 e. The Morgan fingerprint density at radius 1 is 1.38 bits per heavy atom. The molecule has 1 amide bonds. The van der Waals surface area contributed by atoms with Crippen LogP contribution in [0.3, 0.4) is 0 Å². The van der Waals surface area contributed by atoms with Gasteiger partial charge in [-0.05, 0) is 37.0 Å². The molecule has 3 nitrogen and oxygen atoms in total. The Kier molecular flexibility index (Phi) is 3.94. The van der Waals surface area contributed by atoms with Gasteiger partial charge in [-0.25, -0.2) is 0 Å². The van der Waals surface area contributed by atoms with Gasteiger partial charge in [0.1, 0.15) is 0 Å². The van der Waals surface area contributed by atoms with E-state index in [0.717, 1.165) is 24.9 Å². The number of anilines is 1. The maximum Gasteiger partial charge on any atom is 0.244 e. The van der Waals surface area contributed by atoms with Crippen LogP contribution in [0.1, 0.15) is 25.3 Å². The summed E-state index contributed by atoms with van der Waals surface area (Å²) in [4.78, 5) is 11.6. The molecule has 1 aliphatic rings. The van der Waals surface area contributed by atoms with Crippen LogP contribution in [0, 0.1) is 0 Å². The molecule has 1 saturated carbocycles. The molecule has 0 unspecified atom stereocenters. The van der Waals surface area contributed by atoms with Crippen LogP contribution in [0.4, 0.5) is 5.69 Å². The Labute approximate surface area is 102 Å². The lowest BCUT2D eigenvalue weighted by molar-refractivity contribution is -0.118. The fourth-order valence-corrected chi connectivity index (χ4v) is 1.44. The summed E-state index contributed by atoms with van der Waals surface area (Å²) < 4.78 is 0. The highest BCUT2D eigenvalue weighted by atomic mass is 35.5. The Hall–Kier alpha value is -1.06. The zero-order valence-electron chi connectivity index (χ0n) is 9.32. The molecule has 1 fully saturated rings. The van der Waals surface area contributed by atoms with Gasteiger partial charge in [-0.2, -0.15) is 0 Å². The highest BCUT2D eigenvalue weighted by Crippen LogP contribution is 2.33. The number of rotatable bonds is 3. The summed E-state index contributed by atoms with van der Waals surface area (Å²) >= 11 is 0. The van der Waals surface area contributed by atoms with Crippen molar-refractivity contribution < 1.29 is 4.79 Å². The molecule has 16 heavy (non-hydrogen) atoms. The first-order valence-electron chi connectivity index (χ1n) is 5.33. The molecule has 0 aliphatic heterocycles. The van der Waals surface area contributed by atoms with Gasteiger partial charge in [0.05, 0.1) is 5.54 Å². The number of carbonyl (C=O) groups excluding carboxylic acids is 1. The van der Waals surface area contributed by atoms with E-state index in [2.05, 4.69) is 12.2 Å². The minimum atomic E-state index is -0.594. The highest BCUT2D eigenvalue weighted by molar-refractivity contribution is 6.00. The molecule has 0 bridgehead atoms. The minimum absolute atomic E-state index is 0. The summed E-state index contributed by atoms with van der Waals surface area (Å²) in [7, 11) is 0. The van der Waals surface area contributed by atoms with Crippen LogP contribution < -0.4 is 11.1 Å². The molecular weight excluding hydrogens is 224 g/mol. The quantitative estimate of drug-likeness (QED) is 0.850. The lowest BCUT2D eigenvalue weighted by atomic mass is 10.1. The molecule has 0 heterocycles. The predicted molar refractivity (Wildman–Crippen MR) is 67.9 cm³/mol. The molecule has 0 atom stereocenters. The average molecular weight is 241 g/mol. The first-order valence-corrected chi connectivity index (χ1v) is 5.33. The fraction of sp³-hybridized carbons (Fsp3) is 0.417. The molecule has 0 saturated heterocycles. The van der Waals surface area contributed by atoms with Crippen molar-refractivity contribution in [2.24, 2.45) is 5.73 Å². The molecule has 1 aromatic rings. The normalized spacial score (nSPS) is 16.1. The van der Waals surface area contributed by atoms with Crippen LogP contribution in [-0.4, -0.2) is 11.4 Å². The van der Waals surface area contributed by atoms with E-state index in [9.17, 15) is 4.79 Å². The zero-order valence-corrected chi connectivity index (χ0v) is 10.1. The molecule has 2 rings (SSSR count). The van der Waals surface area contributed by atoms with Gasteiger partial charge in [0.25, 0.3) is 0 Å². The van der Waals surface area contributed by atoms with Crippen molar-refractivity contribution in [3.05, 3.63) is 29.8 Å². The third-order valence-electron chi connectivity index (χ3n) is 2.86. The number of amides is 1. The second-order valence-corrected chi connectivity index (χ2v) is 4.16. The summed E-state index contributed by atoms with van der Waals surface area (Å²) in [5, 5.41) is 2.83. The molecule has 0 radical (unpaired) electrons. The number of aryl methyl sites for hydroxylation is 1. The van der Waals surface area contributed by atoms with E-state index < -0.39 is 5.54 Å². The van der Waals surface area contributed by atoms with E-state index in [1.165, 1.54) is 5.56 Å². The first kappa shape index (κ1) is 13.0. The van der Waals surface area contributed by atoms with Gasteiger partial charge in [-0.15, -0.1) is 12.4 Å². The van der Waals surface area contributed by atoms with Gasteiger partial charge in [-0.3, -0.25) is 4.79 Å². The van der Waals surface area contributed by atoms with Crippen LogP contribution >= 0.6 is 12.4 Å². The summed E-state index contributed by atoms with van der Waals surface area (Å²) in [6, 6.07) is 7.88. The molecule has 1 aromatic carbocycles. The minimum Gasteiger partial charge on any atom is -0.324 e. The van der Waals surface area contributed by atoms with Crippen molar-refractivity contribution in [2.45, 2.75) is 31.7 Å². The summed E-state index contributed by atoms with van der Waals surface area (Å²) in [6.45, 7) is 2.10. The number of benzene rings is 1. The van der Waals surface area contributed by atoms with Gasteiger partial charge >= 0.3 is 0 Å². The first-order chi connectivity index (χ1) is 7.14. The summed E-state index contributed by atoms with van der Waals surface area (Å²) in [5.41, 5.74) is 7.28. The SMILES string of the molecule is CCc1ccc(NC(=O)C2(N)CC2)cc1.Cl. The van der Waals surface area contributed by atoms with E-state index in [0.29, 0.717) is 0 Å². The summed E-state index contributed by atoms with van der Waals surface area (Å²) in [5.74, 6) is -0.0632. The van der Waals surface area contributed by atoms with E-state index in [-0.39, 0.29) is 18.3 Å². The maximum atomic E-state index is 11.6. The Morgan fingerprint density at radius 3 is 2.38 bits per heavy atom. The predicted octanol–water partition coefficient (Wildman–Crippen LogP) is 2.10. The van der Waals surface area contributed by atoms with Gasteiger partial charge in [0.15, 0.2) is 0 Å². The van der Waals surface area contributed by atoms with Crippen LogP contribution in [0.5, 0.6) is 0 Å². The monoisotopic (exact) mass is 240 g/mol. The molecule has 4 heteroatoms.